The van der Waals surface area contributed by atoms with Gasteiger partial charge in [0.1, 0.15) is 23.5 Å². The number of hydrogen-bond acceptors (Lipinski definition) is 12. The van der Waals surface area contributed by atoms with Gasteiger partial charge in [0.2, 0.25) is 0 Å². The monoisotopic (exact) mass is 557 g/mol. The highest BCUT2D eigenvalue weighted by molar-refractivity contribution is 7.66. The molecule has 0 radical (unpaired) electrons. The summed E-state index contributed by atoms with van der Waals surface area (Å²) >= 11 is 5.80. The van der Waals surface area contributed by atoms with E-state index in [9.17, 15) is 33.0 Å². The maximum atomic E-state index is 15.0. The average molecular weight is 558 g/mol. The Kier molecular flexibility index (Phi) is 7.36. The van der Waals surface area contributed by atoms with Gasteiger partial charge in [-0.1, -0.05) is 0 Å². The molecule has 22 heteroatoms. The Bertz CT molecular complexity index is 1180. The van der Waals surface area contributed by atoms with Crippen molar-refractivity contribution in [2.24, 2.45) is 0 Å². The minimum absolute atomic E-state index is 0.0241. The number of halogens is 2. The van der Waals surface area contributed by atoms with Crippen molar-refractivity contribution in [3.05, 3.63) is 12.7 Å². The van der Waals surface area contributed by atoms with Crippen molar-refractivity contribution >= 4 is 52.1 Å². The van der Waals surface area contributed by atoms with Gasteiger partial charge >= 0.3 is 23.5 Å². The van der Waals surface area contributed by atoms with E-state index in [0.29, 0.717) is 0 Å². The SMILES string of the molecule is Nc1ncnc2c1ncn2[C@@H]1O[C@](CCl)(COP(=O)(O)OP(=O)(O)OP(=O)(O)O)[C@@H](O)[C@H]1F. The highest BCUT2D eigenvalue weighted by atomic mass is 35.5. The summed E-state index contributed by atoms with van der Waals surface area (Å²) in [5, 5.41) is 10.4. The Morgan fingerprint density at radius 1 is 1.18 bits per heavy atom. The fourth-order valence-electron chi connectivity index (χ4n) is 2.85. The van der Waals surface area contributed by atoms with E-state index in [-0.39, 0.29) is 17.0 Å². The highest BCUT2D eigenvalue weighted by Gasteiger charge is 2.57. The number of imidazole rings is 1. The summed E-state index contributed by atoms with van der Waals surface area (Å²) in [6, 6.07) is 0. The topological polar surface area (TPSA) is 259 Å². The second-order valence-corrected chi connectivity index (χ2v) is 11.2. The summed E-state index contributed by atoms with van der Waals surface area (Å²) in [7, 11) is -17.0. The van der Waals surface area contributed by atoms with E-state index in [1.165, 1.54) is 0 Å². The summed E-state index contributed by atoms with van der Waals surface area (Å²) in [4.78, 5) is 47.4. The smallest absolute Gasteiger partial charge is 0.387 e. The van der Waals surface area contributed by atoms with Crippen LogP contribution in [0.1, 0.15) is 6.23 Å². The van der Waals surface area contributed by atoms with E-state index in [2.05, 4.69) is 28.1 Å². The molecule has 1 aliphatic heterocycles. The first-order valence-electron chi connectivity index (χ1n) is 8.37. The predicted octanol–water partition coefficient (Wildman–Crippen LogP) is -0.0428. The Morgan fingerprint density at radius 3 is 2.45 bits per heavy atom. The molecule has 2 aromatic rings. The average Bonchev–Trinajstić information content (AvgIpc) is 3.19. The second kappa shape index (κ2) is 9.17. The third kappa shape index (κ3) is 5.77. The molecule has 1 saturated heterocycles. The minimum atomic E-state index is -5.79. The van der Waals surface area contributed by atoms with Gasteiger partial charge in [0.25, 0.3) is 0 Å². The van der Waals surface area contributed by atoms with Crippen molar-refractivity contribution in [3.63, 3.8) is 0 Å². The van der Waals surface area contributed by atoms with Crippen LogP contribution in [0.5, 0.6) is 0 Å². The molecular formula is C11H16ClFN5O12P3. The van der Waals surface area contributed by atoms with E-state index < -0.39 is 60.1 Å². The van der Waals surface area contributed by atoms with Crippen LogP contribution in [0.2, 0.25) is 0 Å². The number of nitrogen functional groups attached to an aromatic ring is 1. The zero-order valence-corrected chi connectivity index (χ0v) is 19.3. The summed E-state index contributed by atoms with van der Waals surface area (Å²) in [5.41, 5.74) is 3.59. The van der Waals surface area contributed by atoms with Crippen LogP contribution in [0.4, 0.5) is 10.2 Å². The normalized spacial score (nSPS) is 29.7. The van der Waals surface area contributed by atoms with Crippen LogP contribution in [0, 0.1) is 0 Å². The summed E-state index contributed by atoms with van der Waals surface area (Å²) in [6.07, 6.45) is -3.74. The number of aromatic nitrogens is 4. The number of nitrogens with zero attached hydrogens (tertiary/aromatic N) is 4. The predicted molar refractivity (Wildman–Crippen MR) is 104 cm³/mol. The van der Waals surface area contributed by atoms with Crippen molar-refractivity contribution in [3.8, 4) is 0 Å². The number of ether oxygens (including phenoxy) is 1. The lowest BCUT2D eigenvalue weighted by Crippen LogP contribution is -2.47. The lowest BCUT2D eigenvalue weighted by Gasteiger charge is -2.29. The molecular weight excluding hydrogens is 542 g/mol. The van der Waals surface area contributed by atoms with Crippen LogP contribution < -0.4 is 5.73 Å². The van der Waals surface area contributed by atoms with E-state index >= 15 is 0 Å². The van der Waals surface area contributed by atoms with E-state index in [1.54, 1.807) is 0 Å². The van der Waals surface area contributed by atoms with Crippen LogP contribution in [0.3, 0.4) is 0 Å². The van der Waals surface area contributed by atoms with E-state index in [4.69, 9.17) is 31.9 Å². The number of aliphatic hydroxyl groups is 1. The minimum Gasteiger partial charge on any atom is -0.387 e. The van der Waals surface area contributed by atoms with Gasteiger partial charge in [0, 0.05) is 0 Å². The van der Waals surface area contributed by atoms with Gasteiger partial charge in [-0.15, -0.1) is 11.6 Å². The lowest BCUT2D eigenvalue weighted by molar-refractivity contribution is -0.111. The summed E-state index contributed by atoms with van der Waals surface area (Å²) in [6.45, 7) is -1.18. The van der Waals surface area contributed by atoms with Crippen molar-refractivity contribution < 1.29 is 60.6 Å². The first-order chi connectivity index (χ1) is 15.1. The lowest BCUT2D eigenvalue weighted by atomic mass is 9.99. The number of phosphoric acid groups is 3. The van der Waals surface area contributed by atoms with E-state index in [0.717, 1.165) is 17.2 Å². The third-order valence-electron chi connectivity index (χ3n) is 4.24. The molecule has 0 saturated carbocycles. The van der Waals surface area contributed by atoms with Gasteiger partial charge in [0.15, 0.2) is 23.9 Å². The highest BCUT2D eigenvalue weighted by Crippen LogP contribution is 2.66. The maximum Gasteiger partial charge on any atom is 0.490 e. The molecule has 2 aromatic heterocycles. The molecule has 6 atom stereocenters. The molecule has 1 fully saturated rings. The number of rotatable bonds is 9. The molecule has 3 rings (SSSR count). The zero-order valence-electron chi connectivity index (χ0n) is 15.9. The molecule has 0 spiro atoms. The van der Waals surface area contributed by atoms with Crippen LogP contribution in [0.15, 0.2) is 12.7 Å². The molecule has 0 bridgehead atoms. The standard InChI is InChI=1S/C11H16ClFN5O12P3/c12-1-11(2-27-32(23,24)30-33(25,26)29-31(20,21)22)7(19)5(13)10(28-11)18-4-17-6-8(14)15-3-16-9(6)18/h3-5,7,10,19H,1-2H2,(H,23,24)(H,25,26)(H2,14,15,16)(H2,20,21,22)/t5-,7+,10-,11-/m1/s1. The number of aliphatic hydroxyl groups excluding tert-OH is 1. The third-order valence-corrected chi connectivity index (χ3v) is 8.48. The quantitative estimate of drug-likeness (QED) is 0.174. The number of fused-ring (bicyclic) bond motifs is 1. The van der Waals surface area contributed by atoms with Crippen LogP contribution in [-0.2, 0) is 31.6 Å². The maximum absolute atomic E-state index is 15.0. The van der Waals surface area contributed by atoms with Crippen molar-refractivity contribution in [2.75, 3.05) is 18.2 Å². The number of alkyl halides is 2. The van der Waals surface area contributed by atoms with Crippen molar-refractivity contribution in [1.82, 2.24) is 19.5 Å². The molecule has 3 heterocycles. The van der Waals surface area contributed by atoms with Gasteiger partial charge < -0.3 is 35.2 Å². The fourth-order valence-corrected chi connectivity index (χ4v) is 6.22. The van der Waals surface area contributed by atoms with Crippen LogP contribution in [-0.4, -0.2) is 74.6 Å². The van der Waals surface area contributed by atoms with Crippen molar-refractivity contribution in [1.29, 1.82) is 0 Å². The van der Waals surface area contributed by atoms with Crippen LogP contribution >= 0.6 is 35.1 Å². The molecule has 1 aliphatic rings. The van der Waals surface area contributed by atoms with Gasteiger partial charge in [-0.05, 0) is 0 Å². The Morgan fingerprint density at radius 2 is 1.85 bits per heavy atom. The second-order valence-electron chi connectivity index (χ2n) is 6.54. The first-order valence-corrected chi connectivity index (χ1v) is 13.4. The number of anilines is 1. The fraction of sp³-hybridized carbons (Fsp3) is 0.545. The molecule has 0 aliphatic carbocycles. The molecule has 0 aromatic carbocycles. The number of nitrogens with two attached hydrogens (primary N) is 1. The Labute approximate surface area is 187 Å². The Hall–Kier alpha value is -1.10. The molecule has 17 nitrogen and oxygen atoms in total. The molecule has 33 heavy (non-hydrogen) atoms. The van der Waals surface area contributed by atoms with E-state index in [1.807, 2.05) is 0 Å². The van der Waals surface area contributed by atoms with Gasteiger partial charge in [0.05, 0.1) is 18.8 Å². The first kappa shape index (κ1) is 26.5. The molecule has 186 valence electrons. The van der Waals surface area contributed by atoms with Crippen molar-refractivity contribution in [2.45, 2.75) is 24.1 Å². The van der Waals surface area contributed by atoms with Gasteiger partial charge in [-0.25, -0.2) is 33.0 Å². The van der Waals surface area contributed by atoms with Gasteiger partial charge in [-0.3, -0.25) is 9.09 Å². The largest absolute Gasteiger partial charge is 0.490 e. The molecule has 7 N–H and O–H groups in total. The zero-order chi connectivity index (χ0) is 24.8. The van der Waals surface area contributed by atoms with Gasteiger partial charge in [-0.2, -0.15) is 8.62 Å². The summed E-state index contributed by atoms with van der Waals surface area (Å²) in [5.74, 6) is -0.742. The molecule has 2 unspecified atom stereocenters. The number of phosphoric ester groups is 1. The van der Waals surface area contributed by atoms with Crippen LogP contribution in [0.25, 0.3) is 11.2 Å². The number of hydrogen-bond donors (Lipinski definition) is 6. The summed E-state index contributed by atoms with van der Waals surface area (Å²) < 4.78 is 67.2. The molecule has 0 amide bonds. The Balaban J connectivity index is 1.80.